The van der Waals surface area contributed by atoms with Crippen molar-refractivity contribution in [1.29, 1.82) is 0 Å². The number of hydrogen-bond donors (Lipinski definition) is 4. The number of nitrogen functional groups attached to an aromatic ring is 1. The molecule has 102 valence electrons. The fourth-order valence-corrected chi connectivity index (χ4v) is 2.80. The average molecular weight is 264 g/mol. The highest BCUT2D eigenvalue weighted by atomic mass is 16.3. The van der Waals surface area contributed by atoms with Crippen molar-refractivity contribution in [2.24, 2.45) is 5.92 Å². The quantitative estimate of drug-likeness (QED) is 0.569. The first kappa shape index (κ1) is 12.3. The summed E-state index contributed by atoms with van der Waals surface area (Å²) in [6, 6.07) is 1.45. The summed E-state index contributed by atoms with van der Waals surface area (Å²) >= 11 is 0. The van der Waals surface area contributed by atoms with Gasteiger partial charge < -0.3 is 25.6 Å². The number of fused-ring (bicyclic) bond motifs is 1. The van der Waals surface area contributed by atoms with Crippen LogP contribution in [-0.4, -0.2) is 48.7 Å². The molecular weight excluding hydrogens is 248 g/mol. The van der Waals surface area contributed by atoms with E-state index in [1.54, 1.807) is 23.2 Å². The maximum absolute atomic E-state index is 10.1. The molecule has 0 spiro atoms. The zero-order valence-corrected chi connectivity index (χ0v) is 10.2. The second kappa shape index (κ2) is 4.44. The number of aliphatic hydroxyl groups is 3. The molecular formula is C12H16N4O3. The van der Waals surface area contributed by atoms with E-state index in [1.165, 1.54) is 0 Å². The predicted octanol–water partition coefficient (Wildman–Crippen LogP) is -0.711. The molecule has 0 amide bonds. The number of aliphatic hydroxyl groups excluding tert-OH is 3. The number of nitrogens with zero attached hydrogens (tertiary/aromatic N) is 3. The van der Waals surface area contributed by atoms with Crippen LogP contribution in [0.5, 0.6) is 0 Å². The van der Waals surface area contributed by atoms with E-state index in [0.717, 1.165) is 5.52 Å². The number of nitrogens with two attached hydrogens (primary N) is 1. The SMILES string of the molecule is Nc1nccc2c1ncn2[C@@H]1CC(CO)[C@@H](O)[C@H]1O. The van der Waals surface area contributed by atoms with Gasteiger partial charge in [-0.3, -0.25) is 0 Å². The molecule has 1 unspecified atom stereocenters. The van der Waals surface area contributed by atoms with Crippen molar-refractivity contribution in [2.45, 2.75) is 24.7 Å². The monoisotopic (exact) mass is 264 g/mol. The Balaban J connectivity index is 2.04. The minimum absolute atomic E-state index is 0.148. The summed E-state index contributed by atoms with van der Waals surface area (Å²) < 4.78 is 1.79. The van der Waals surface area contributed by atoms with Crippen LogP contribution in [0.3, 0.4) is 0 Å². The molecule has 2 aromatic rings. The van der Waals surface area contributed by atoms with Gasteiger partial charge in [-0.05, 0) is 12.5 Å². The first-order valence-electron chi connectivity index (χ1n) is 6.17. The first-order chi connectivity index (χ1) is 9.13. The van der Waals surface area contributed by atoms with Gasteiger partial charge in [0, 0.05) is 18.7 Å². The van der Waals surface area contributed by atoms with Gasteiger partial charge in [-0.25, -0.2) is 9.97 Å². The van der Waals surface area contributed by atoms with Crippen LogP contribution in [-0.2, 0) is 0 Å². The standard InChI is InChI=1S/C12H16N4O3/c13-12-9-7(1-2-14-12)16(5-15-9)8-3-6(4-17)10(18)11(8)19/h1-2,5-6,8,10-11,17-19H,3-4H2,(H2,13,14)/t6?,8-,10-,11+/m1/s1. The van der Waals surface area contributed by atoms with Crippen LogP contribution in [0.25, 0.3) is 11.0 Å². The normalized spacial score (nSPS) is 31.1. The number of pyridine rings is 1. The third-order valence-electron chi connectivity index (χ3n) is 3.88. The summed E-state index contributed by atoms with van der Waals surface area (Å²) in [5, 5.41) is 29.2. The number of imidazole rings is 1. The Labute approximate surface area is 109 Å². The van der Waals surface area contributed by atoms with Crippen LogP contribution in [0.15, 0.2) is 18.6 Å². The summed E-state index contributed by atoms with van der Waals surface area (Å²) in [4.78, 5) is 8.16. The Morgan fingerprint density at radius 2 is 2.11 bits per heavy atom. The lowest BCUT2D eigenvalue weighted by molar-refractivity contribution is -0.00365. The van der Waals surface area contributed by atoms with Gasteiger partial charge in [0.1, 0.15) is 11.6 Å². The van der Waals surface area contributed by atoms with Gasteiger partial charge in [0.05, 0.1) is 24.0 Å². The van der Waals surface area contributed by atoms with Crippen LogP contribution in [0.4, 0.5) is 5.82 Å². The van der Waals surface area contributed by atoms with Gasteiger partial charge in [-0.2, -0.15) is 0 Å². The van der Waals surface area contributed by atoms with Gasteiger partial charge in [0.2, 0.25) is 0 Å². The fourth-order valence-electron chi connectivity index (χ4n) is 2.80. The average Bonchev–Trinajstić information content (AvgIpc) is 2.94. The summed E-state index contributed by atoms with van der Waals surface area (Å²) in [5.74, 6) is 0.0135. The van der Waals surface area contributed by atoms with E-state index < -0.39 is 12.2 Å². The number of anilines is 1. The van der Waals surface area contributed by atoms with Crippen LogP contribution < -0.4 is 5.73 Å². The molecule has 19 heavy (non-hydrogen) atoms. The molecule has 2 heterocycles. The highest BCUT2D eigenvalue weighted by Crippen LogP contribution is 2.37. The van der Waals surface area contributed by atoms with E-state index in [0.29, 0.717) is 17.8 Å². The van der Waals surface area contributed by atoms with Gasteiger partial charge >= 0.3 is 0 Å². The number of hydrogen-bond acceptors (Lipinski definition) is 6. The molecule has 1 aliphatic rings. The van der Waals surface area contributed by atoms with Crippen molar-refractivity contribution in [1.82, 2.24) is 14.5 Å². The Morgan fingerprint density at radius 1 is 1.32 bits per heavy atom. The number of rotatable bonds is 2. The summed E-state index contributed by atoms with van der Waals surface area (Å²) in [6.07, 6.45) is 1.81. The summed E-state index contributed by atoms with van der Waals surface area (Å²) in [6.45, 7) is -0.148. The Hall–Kier alpha value is -1.70. The molecule has 4 atom stereocenters. The van der Waals surface area contributed by atoms with Crippen molar-refractivity contribution in [3.05, 3.63) is 18.6 Å². The molecule has 5 N–H and O–H groups in total. The van der Waals surface area contributed by atoms with Crippen molar-refractivity contribution in [2.75, 3.05) is 12.3 Å². The van der Waals surface area contributed by atoms with Crippen LogP contribution in [0.1, 0.15) is 12.5 Å². The summed E-state index contributed by atoms with van der Waals surface area (Å²) in [5.41, 5.74) is 7.09. The molecule has 0 aliphatic heterocycles. The van der Waals surface area contributed by atoms with E-state index in [9.17, 15) is 15.3 Å². The maximum Gasteiger partial charge on any atom is 0.151 e. The van der Waals surface area contributed by atoms with E-state index in [-0.39, 0.29) is 18.6 Å². The zero-order valence-electron chi connectivity index (χ0n) is 10.2. The van der Waals surface area contributed by atoms with Crippen LogP contribution >= 0.6 is 0 Å². The Morgan fingerprint density at radius 3 is 2.79 bits per heavy atom. The van der Waals surface area contributed by atoms with Gasteiger partial charge in [-0.1, -0.05) is 0 Å². The number of aromatic nitrogens is 3. The third kappa shape index (κ3) is 1.78. The van der Waals surface area contributed by atoms with Crippen LogP contribution in [0, 0.1) is 5.92 Å². The molecule has 7 nitrogen and oxygen atoms in total. The molecule has 0 bridgehead atoms. The highest BCUT2D eigenvalue weighted by molar-refractivity contribution is 5.84. The lowest BCUT2D eigenvalue weighted by Crippen LogP contribution is -2.30. The van der Waals surface area contributed by atoms with Gasteiger partial charge in [0.25, 0.3) is 0 Å². The Bertz CT molecular complexity index is 600. The minimum Gasteiger partial charge on any atom is -0.396 e. The van der Waals surface area contributed by atoms with E-state index >= 15 is 0 Å². The molecule has 1 saturated carbocycles. The molecule has 0 saturated heterocycles. The lowest BCUT2D eigenvalue weighted by Gasteiger charge is -2.18. The molecule has 0 radical (unpaired) electrons. The molecule has 0 aromatic carbocycles. The van der Waals surface area contributed by atoms with Crippen molar-refractivity contribution in [3.8, 4) is 0 Å². The van der Waals surface area contributed by atoms with E-state index in [2.05, 4.69) is 9.97 Å². The molecule has 3 rings (SSSR count). The van der Waals surface area contributed by atoms with E-state index in [1.807, 2.05) is 0 Å². The second-order valence-electron chi connectivity index (χ2n) is 4.94. The summed E-state index contributed by atoms with van der Waals surface area (Å²) in [7, 11) is 0. The molecule has 7 heteroatoms. The zero-order chi connectivity index (χ0) is 13.6. The topological polar surface area (TPSA) is 117 Å². The first-order valence-corrected chi connectivity index (χ1v) is 6.17. The smallest absolute Gasteiger partial charge is 0.151 e. The largest absolute Gasteiger partial charge is 0.396 e. The predicted molar refractivity (Wildman–Crippen MR) is 68.2 cm³/mol. The molecule has 1 aliphatic carbocycles. The van der Waals surface area contributed by atoms with Crippen molar-refractivity contribution >= 4 is 16.9 Å². The van der Waals surface area contributed by atoms with Crippen LogP contribution in [0.2, 0.25) is 0 Å². The molecule has 2 aromatic heterocycles. The van der Waals surface area contributed by atoms with Crippen molar-refractivity contribution < 1.29 is 15.3 Å². The molecule has 1 fully saturated rings. The fraction of sp³-hybridized carbons (Fsp3) is 0.500. The minimum atomic E-state index is -0.927. The highest BCUT2D eigenvalue weighted by Gasteiger charge is 2.42. The van der Waals surface area contributed by atoms with Gasteiger partial charge in [0.15, 0.2) is 5.82 Å². The van der Waals surface area contributed by atoms with Gasteiger partial charge in [-0.15, -0.1) is 0 Å². The maximum atomic E-state index is 10.1. The van der Waals surface area contributed by atoms with E-state index in [4.69, 9.17) is 5.73 Å². The third-order valence-corrected chi connectivity index (χ3v) is 3.88. The lowest BCUT2D eigenvalue weighted by atomic mass is 10.1. The second-order valence-corrected chi connectivity index (χ2v) is 4.94. The van der Waals surface area contributed by atoms with Crippen molar-refractivity contribution in [3.63, 3.8) is 0 Å². The Kier molecular flexibility index (Phi) is 2.89.